The molecular weight excluding hydrogens is 284 g/mol. The smallest absolute Gasteiger partial charge is 0.153 e. The van der Waals surface area contributed by atoms with Gasteiger partial charge in [-0.25, -0.2) is 0 Å². The molecule has 2 aromatic rings. The molecule has 0 atom stereocenters. The second-order valence-corrected chi connectivity index (χ2v) is 4.50. The van der Waals surface area contributed by atoms with Gasteiger partial charge in [-0.1, -0.05) is 0 Å². The van der Waals surface area contributed by atoms with E-state index in [1.807, 2.05) is 0 Å². The number of hydrogen-bond donors (Lipinski definition) is 0. The summed E-state index contributed by atoms with van der Waals surface area (Å²) in [5.74, 6) is 1.61. The first kappa shape index (κ1) is 15.6. The number of hydrogen-bond acceptors (Lipinski definition) is 5. The van der Waals surface area contributed by atoms with E-state index in [0.29, 0.717) is 40.2 Å². The van der Waals surface area contributed by atoms with Crippen LogP contribution in [0, 0.1) is 0 Å². The summed E-state index contributed by atoms with van der Waals surface area (Å²) in [6, 6.07) is 10.0. The zero-order chi connectivity index (χ0) is 15.9. The molecule has 2 rings (SSSR count). The van der Waals surface area contributed by atoms with Gasteiger partial charge in [0.1, 0.15) is 30.1 Å². The largest absolute Gasteiger partial charge is 0.497 e. The van der Waals surface area contributed by atoms with Crippen LogP contribution in [0.1, 0.15) is 26.3 Å². The van der Waals surface area contributed by atoms with Gasteiger partial charge in [0.2, 0.25) is 0 Å². The third-order valence-corrected chi connectivity index (χ3v) is 3.17. The molecule has 114 valence electrons. The molecule has 0 aliphatic heterocycles. The van der Waals surface area contributed by atoms with Crippen LogP contribution in [0.4, 0.5) is 0 Å². The first-order valence-corrected chi connectivity index (χ1v) is 6.60. The average molecular weight is 300 g/mol. The minimum atomic E-state index is 0.166. The number of carbonyl (C=O) groups is 2. The molecule has 0 amide bonds. The van der Waals surface area contributed by atoms with E-state index in [1.54, 1.807) is 43.5 Å². The van der Waals surface area contributed by atoms with E-state index < -0.39 is 0 Å². The Morgan fingerprint density at radius 3 is 2.36 bits per heavy atom. The summed E-state index contributed by atoms with van der Waals surface area (Å²) in [4.78, 5) is 21.9. The van der Waals surface area contributed by atoms with Crippen molar-refractivity contribution in [1.82, 2.24) is 0 Å². The van der Waals surface area contributed by atoms with Crippen molar-refractivity contribution < 1.29 is 23.8 Å². The van der Waals surface area contributed by atoms with Gasteiger partial charge in [0.25, 0.3) is 0 Å². The predicted octanol–water partition coefficient (Wildman–Crippen LogP) is 2.91. The third-order valence-electron chi connectivity index (χ3n) is 3.17. The molecule has 0 aromatic heterocycles. The number of benzene rings is 2. The van der Waals surface area contributed by atoms with Crippen LogP contribution in [0.15, 0.2) is 36.4 Å². The molecule has 0 fully saturated rings. The first-order chi connectivity index (χ1) is 10.7. The SMILES string of the molecule is COc1ccc(C=O)c(OCc2cc(C=O)ccc2OC)c1. The lowest BCUT2D eigenvalue weighted by atomic mass is 10.1. The fraction of sp³-hybridized carbons (Fsp3) is 0.176. The summed E-state index contributed by atoms with van der Waals surface area (Å²) in [5, 5.41) is 0. The summed E-state index contributed by atoms with van der Waals surface area (Å²) in [7, 11) is 3.08. The number of carbonyl (C=O) groups excluding carboxylic acids is 2. The van der Waals surface area contributed by atoms with Gasteiger partial charge in [-0.05, 0) is 30.3 Å². The fourth-order valence-electron chi connectivity index (χ4n) is 2.00. The number of aldehydes is 2. The Labute approximate surface area is 128 Å². The van der Waals surface area contributed by atoms with Gasteiger partial charge in [-0.15, -0.1) is 0 Å². The molecule has 5 heteroatoms. The molecule has 0 saturated carbocycles. The molecule has 5 nitrogen and oxygen atoms in total. The highest BCUT2D eigenvalue weighted by Gasteiger charge is 2.09. The standard InChI is InChI=1S/C17H16O5/c1-20-15-5-4-13(10-19)17(8-15)22-11-14-7-12(9-18)3-6-16(14)21-2/h3-10H,11H2,1-2H3. The van der Waals surface area contributed by atoms with E-state index in [9.17, 15) is 9.59 Å². The van der Waals surface area contributed by atoms with Gasteiger partial charge in [0.15, 0.2) is 6.29 Å². The highest BCUT2D eigenvalue weighted by molar-refractivity contribution is 5.79. The molecule has 0 spiro atoms. The molecule has 0 aliphatic rings. The van der Waals surface area contributed by atoms with Crippen molar-refractivity contribution in [2.75, 3.05) is 14.2 Å². The Hall–Kier alpha value is -2.82. The molecule has 0 aliphatic carbocycles. The molecule has 0 heterocycles. The van der Waals surface area contributed by atoms with Gasteiger partial charge < -0.3 is 14.2 Å². The van der Waals surface area contributed by atoms with E-state index in [-0.39, 0.29) is 6.61 Å². The quantitative estimate of drug-likeness (QED) is 0.736. The predicted molar refractivity (Wildman–Crippen MR) is 81.1 cm³/mol. The summed E-state index contributed by atoms with van der Waals surface area (Å²) >= 11 is 0. The van der Waals surface area contributed by atoms with Crippen molar-refractivity contribution >= 4 is 12.6 Å². The molecule has 0 saturated heterocycles. The number of methoxy groups -OCH3 is 2. The van der Waals surface area contributed by atoms with E-state index in [2.05, 4.69) is 0 Å². The van der Waals surface area contributed by atoms with Crippen LogP contribution in [0.3, 0.4) is 0 Å². The van der Waals surface area contributed by atoms with Crippen molar-refractivity contribution in [3.63, 3.8) is 0 Å². The van der Waals surface area contributed by atoms with Crippen LogP contribution in [0.25, 0.3) is 0 Å². The van der Waals surface area contributed by atoms with E-state index in [0.717, 1.165) is 6.29 Å². The summed E-state index contributed by atoms with van der Waals surface area (Å²) < 4.78 is 16.1. The molecule has 0 N–H and O–H groups in total. The monoisotopic (exact) mass is 300 g/mol. The molecule has 0 bridgehead atoms. The van der Waals surface area contributed by atoms with Crippen LogP contribution in [0.5, 0.6) is 17.2 Å². The molecule has 22 heavy (non-hydrogen) atoms. The summed E-state index contributed by atoms with van der Waals surface area (Å²) in [6.45, 7) is 0.166. The lowest BCUT2D eigenvalue weighted by Crippen LogP contribution is -2.02. The van der Waals surface area contributed by atoms with Crippen LogP contribution in [-0.4, -0.2) is 26.8 Å². The first-order valence-electron chi connectivity index (χ1n) is 6.60. The zero-order valence-electron chi connectivity index (χ0n) is 12.4. The molecule has 0 unspecified atom stereocenters. The average Bonchev–Trinajstić information content (AvgIpc) is 2.59. The Bertz CT molecular complexity index is 679. The zero-order valence-corrected chi connectivity index (χ0v) is 12.4. The number of ether oxygens (including phenoxy) is 3. The van der Waals surface area contributed by atoms with Crippen molar-refractivity contribution in [2.24, 2.45) is 0 Å². The highest BCUT2D eigenvalue weighted by atomic mass is 16.5. The maximum atomic E-state index is 11.1. The van der Waals surface area contributed by atoms with E-state index in [1.165, 1.54) is 7.11 Å². The van der Waals surface area contributed by atoms with Crippen LogP contribution in [-0.2, 0) is 6.61 Å². The topological polar surface area (TPSA) is 61.8 Å². The van der Waals surface area contributed by atoms with Crippen LogP contribution < -0.4 is 14.2 Å². The van der Waals surface area contributed by atoms with Gasteiger partial charge in [-0.3, -0.25) is 9.59 Å². The van der Waals surface area contributed by atoms with Gasteiger partial charge in [-0.2, -0.15) is 0 Å². The summed E-state index contributed by atoms with van der Waals surface area (Å²) in [5.41, 5.74) is 1.67. The van der Waals surface area contributed by atoms with Crippen molar-refractivity contribution in [2.45, 2.75) is 6.61 Å². The minimum Gasteiger partial charge on any atom is -0.497 e. The van der Waals surface area contributed by atoms with E-state index in [4.69, 9.17) is 14.2 Å². The van der Waals surface area contributed by atoms with Crippen molar-refractivity contribution in [1.29, 1.82) is 0 Å². The third kappa shape index (κ3) is 3.44. The molecule has 2 aromatic carbocycles. The van der Waals surface area contributed by atoms with Crippen LogP contribution in [0.2, 0.25) is 0 Å². The number of rotatable bonds is 7. The summed E-state index contributed by atoms with van der Waals surface area (Å²) in [6.07, 6.45) is 1.47. The molecule has 0 radical (unpaired) electrons. The fourth-order valence-corrected chi connectivity index (χ4v) is 2.00. The minimum absolute atomic E-state index is 0.166. The maximum Gasteiger partial charge on any atom is 0.153 e. The maximum absolute atomic E-state index is 11.1. The Kier molecular flexibility index (Phi) is 5.14. The Balaban J connectivity index is 2.26. The Morgan fingerprint density at radius 1 is 0.909 bits per heavy atom. The lowest BCUT2D eigenvalue weighted by molar-refractivity contribution is 0.111. The highest BCUT2D eigenvalue weighted by Crippen LogP contribution is 2.26. The Morgan fingerprint density at radius 2 is 1.73 bits per heavy atom. The van der Waals surface area contributed by atoms with Crippen molar-refractivity contribution in [3.8, 4) is 17.2 Å². The lowest BCUT2D eigenvalue weighted by Gasteiger charge is -2.13. The normalized spacial score (nSPS) is 9.91. The molecular formula is C17H16O5. The van der Waals surface area contributed by atoms with Crippen LogP contribution >= 0.6 is 0 Å². The van der Waals surface area contributed by atoms with E-state index >= 15 is 0 Å². The van der Waals surface area contributed by atoms with Gasteiger partial charge >= 0.3 is 0 Å². The second kappa shape index (κ2) is 7.26. The second-order valence-electron chi connectivity index (χ2n) is 4.50. The van der Waals surface area contributed by atoms with Gasteiger partial charge in [0.05, 0.1) is 19.8 Å². The van der Waals surface area contributed by atoms with Gasteiger partial charge in [0, 0.05) is 17.2 Å². The van der Waals surface area contributed by atoms with Crippen molar-refractivity contribution in [3.05, 3.63) is 53.1 Å².